The van der Waals surface area contributed by atoms with Gasteiger partial charge in [0.15, 0.2) is 0 Å². The lowest BCUT2D eigenvalue weighted by atomic mass is 9.98. The predicted octanol–water partition coefficient (Wildman–Crippen LogP) is 8.66. The quantitative estimate of drug-likeness (QED) is 0.245. The van der Waals surface area contributed by atoms with Crippen molar-refractivity contribution >= 4 is 43.4 Å². The minimum absolute atomic E-state index is 1.01. The van der Waals surface area contributed by atoms with Crippen molar-refractivity contribution in [3.63, 3.8) is 0 Å². The molecule has 1 heteroatoms. The lowest BCUT2D eigenvalue weighted by Gasteiger charge is -2.12. The monoisotopic (exact) mass is 431 g/mol. The maximum absolute atomic E-state index is 2.44. The summed E-state index contributed by atoms with van der Waals surface area (Å²) in [6.07, 6.45) is 1.01. The molecule has 0 spiro atoms. The fourth-order valence-corrected chi connectivity index (χ4v) is 6.01. The average Bonchev–Trinajstić information content (AvgIpc) is 3.42. The van der Waals surface area contributed by atoms with Gasteiger partial charge in [-0.1, -0.05) is 84.9 Å². The molecule has 7 aromatic rings. The largest absolute Gasteiger partial charge is 0.309 e. The van der Waals surface area contributed by atoms with Crippen molar-refractivity contribution in [2.75, 3.05) is 0 Å². The zero-order chi connectivity index (χ0) is 22.2. The summed E-state index contributed by atoms with van der Waals surface area (Å²) < 4.78 is 2.44. The minimum Gasteiger partial charge on any atom is -0.309 e. The molecule has 0 saturated carbocycles. The van der Waals surface area contributed by atoms with Crippen LogP contribution in [0.4, 0.5) is 0 Å². The van der Waals surface area contributed by atoms with Crippen LogP contribution in [0.2, 0.25) is 0 Å². The molecule has 1 nitrogen and oxygen atoms in total. The molecule has 0 saturated heterocycles. The van der Waals surface area contributed by atoms with Crippen LogP contribution in [0.25, 0.3) is 60.2 Å². The second-order valence-corrected chi connectivity index (χ2v) is 9.41. The van der Waals surface area contributed by atoms with Crippen molar-refractivity contribution in [3.8, 4) is 16.8 Å². The lowest BCUT2D eigenvalue weighted by Crippen LogP contribution is -1.95. The molecule has 1 aliphatic rings. The van der Waals surface area contributed by atoms with Crippen LogP contribution in [0.15, 0.2) is 115 Å². The van der Waals surface area contributed by atoms with Crippen molar-refractivity contribution < 1.29 is 0 Å². The van der Waals surface area contributed by atoms with E-state index in [-0.39, 0.29) is 0 Å². The van der Waals surface area contributed by atoms with Crippen LogP contribution in [-0.2, 0) is 6.42 Å². The molecular formula is C33H21N. The third-order valence-corrected chi connectivity index (χ3v) is 7.56. The van der Waals surface area contributed by atoms with E-state index in [2.05, 4.69) is 120 Å². The Bertz CT molecular complexity index is 1940. The molecule has 0 fully saturated rings. The van der Waals surface area contributed by atoms with Crippen molar-refractivity contribution in [3.05, 3.63) is 126 Å². The summed E-state index contributed by atoms with van der Waals surface area (Å²) in [7, 11) is 0. The molecule has 1 heterocycles. The smallest absolute Gasteiger partial charge is 0.0547 e. The number of hydrogen-bond acceptors (Lipinski definition) is 0. The van der Waals surface area contributed by atoms with Gasteiger partial charge in [0.05, 0.1) is 11.0 Å². The molecule has 0 atom stereocenters. The van der Waals surface area contributed by atoms with E-state index in [0.717, 1.165) is 6.42 Å². The Kier molecular flexibility index (Phi) is 3.51. The van der Waals surface area contributed by atoms with Crippen LogP contribution in [0, 0.1) is 0 Å². The second kappa shape index (κ2) is 6.59. The van der Waals surface area contributed by atoms with Gasteiger partial charge in [-0.25, -0.2) is 0 Å². The summed E-state index contributed by atoms with van der Waals surface area (Å²) >= 11 is 0. The maximum Gasteiger partial charge on any atom is 0.0547 e. The second-order valence-electron chi connectivity index (χ2n) is 9.41. The zero-order valence-corrected chi connectivity index (χ0v) is 18.6. The van der Waals surface area contributed by atoms with Crippen LogP contribution in [-0.4, -0.2) is 4.57 Å². The predicted molar refractivity (Wildman–Crippen MR) is 144 cm³/mol. The summed E-state index contributed by atoms with van der Waals surface area (Å²) in [6.45, 7) is 0. The highest BCUT2D eigenvalue weighted by Crippen LogP contribution is 2.43. The fraction of sp³-hybridized carbons (Fsp3) is 0.0303. The van der Waals surface area contributed by atoms with Crippen LogP contribution in [0.3, 0.4) is 0 Å². The zero-order valence-electron chi connectivity index (χ0n) is 18.6. The summed E-state index contributed by atoms with van der Waals surface area (Å²) in [6, 6.07) is 42.5. The molecular weight excluding hydrogens is 410 g/mol. The van der Waals surface area contributed by atoms with Crippen molar-refractivity contribution in [1.29, 1.82) is 0 Å². The standard InChI is InChI=1S/C33H21N/c1-2-9-23-19-32-30(18-22(23)8-1)28-11-5-6-12-31(28)34(32)26-16-15-24-17-25-14-13-21-7-3-4-10-27(21)33(25)29(24)20-26/h1-16,18-20H,17H2. The van der Waals surface area contributed by atoms with E-state index in [9.17, 15) is 0 Å². The Morgan fingerprint density at radius 3 is 2.06 bits per heavy atom. The lowest BCUT2D eigenvalue weighted by molar-refractivity contribution is 1.17. The van der Waals surface area contributed by atoms with E-state index in [1.807, 2.05) is 0 Å². The highest BCUT2D eigenvalue weighted by Gasteiger charge is 2.22. The van der Waals surface area contributed by atoms with Crippen LogP contribution in [0.1, 0.15) is 11.1 Å². The van der Waals surface area contributed by atoms with Crippen LogP contribution in [0.5, 0.6) is 0 Å². The molecule has 0 N–H and O–H groups in total. The van der Waals surface area contributed by atoms with Gasteiger partial charge < -0.3 is 4.57 Å². The van der Waals surface area contributed by atoms with E-state index < -0.39 is 0 Å². The van der Waals surface area contributed by atoms with Crippen LogP contribution >= 0.6 is 0 Å². The number of para-hydroxylation sites is 1. The molecule has 8 rings (SSSR count). The summed E-state index contributed by atoms with van der Waals surface area (Å²) in [4.78, 5) is 0. The van der Waals surface area contributed by atoms with Gasteiger partial charge in [-0.15, -0.1) is 0 Å². The van der Waals surface area contributed by atoms with Crippen molar-refractivity contribution in [2.45, 2.75) is 6.42 Å². The number of benzene rings is 6. The molecule has 34 heavy (non-hydrogen) atoms. The van der Waals surface area contributed by atoms with Gasteiger partial charge in [0, 0.05) is 16.5 Å². The van der Waals surface area contributed by atoms with Crippen molar-refractivity contribution in [1.82, 2.24) is 4.57 Å². The SMILES string of the molecule is c1ccc2cc3c(cc2c1)c1ccccc1n3-c1ccc2c(c1)-c1c(ccc3ccccc13)C2. The Morgan fingerprint density at radius 2 is 1.18 bits per heavy atom. The van der Waals surface area contributed by atoms with E-state index in [4.69, 9.17) is 0 Å². The first-order valence-electron chi connectivity index (χ1n) is 11.9. The molecule has 0 bridgehead atoms. The fourth-order valence-electron chi connectivity index (χ4n) is 6.01. The molecule has 0 unspecified atom stereocenters. The highest BCUT2D eigenvalue weighted by molar-refractivity contribution is 6.13. The Morgan fingerprint density at radius 1 is 0.471 bits per heavy atom. The molecule has 158 valence electrons. The van der Waals surface area contributed by atoms with Gasteiger partial charge >= 0.3 is 0 Å². The van der Waals surface area contributed by atoms with Gasteiger partial charge in [-0.3, -0.25) is 0 Å². The number of aromatic nitrogens is 1. The van der Waals surface area contributed by atoms with E-state index >= 15 is 0 Å². The Balaban J connectivity index is 1.46. The molecule has 0 radical (unpaired) electrons. The van der Waals surface area contributed by atoms with Crippen molar-refractivity contribution in [2.24, 2.45) is 0 Å². The van der Waals surface area contributed by atoms with Crippen LogP contribution < -0.4 is 0 Å². The van der Waals surface area contributed by atoms with Gasteiger partial charge in [-0.05, 0) is 80.6 Å². The first kappa shape index (κ1) is 18.1. The topological polar surface area (TPSA) is 4.93 Å². The molecule has 0 aliphatic heterocycles. The molecule has 1 aliphatic carbocycles. The number of nitrogens with zero attached hydrogens (tertiary/aromatic N) is 1. The van der Waals surface area contributed by atoms with E-state index in [0.29, 0.717) is 0 Å². The molecule has 1 aromatic heterocycles. The normalized spacial score (nSPS) is 12.6. The third-order valence-electron chi connectivity index (χ3n) is 7.56. The first-order chi connectivity index (χ1) is 16.8. The number of rotatable bonds is 1. The number of hydrogen-bond donors (Lipinski definition) is 0. The third kappa shape index (κ3) is 2.39. The highest BCUT2D eigenvalue weighted by atomic mass is 15.0. The van der Waals surface area contributed by atoms with Gasteiger partial charge in [-0.2, -0.15) is 0 Å². The Labute approximate surface area is 197 Å². The van der Waals surface area contributed by atoms with Gasteiger partial charge in [0.2, 0.25) is 0 Å². The van der Waals surface area contributed by atoms with E-state index in [1.165, 1.54) is 71.3 Å². The molecule has 0 amide bonds. The van der Waals surface area contributed by atoms with Gasteiger partial charge in [0.1, 0.15) is 0 Å². The maximum atomic E-state index is 2.44. The first-order valence-corrected chi connectivity index (χ1v) is 11.9. The van der Waals surface area contributed by atoms with Gasteiger partial charge in [0.25, 0.3) is 0 Å². The average molecular weight is 432 g/mol. The minimum atomic E-state index is 1.01. The number of fused-ring (bicyclic) bond motifs is 9. The summed E-state index contributed by atoms with van der Waals surface area (Å²) in [5.41, 5.74) is 9.36. The summed E-state index contributed by atoms with van der Waals surface area (Å²) in [5.74, 6) is 0. The Hall–Kier alpha value is -4.36. The molecule has 6 aromatic carbocycles. The summed E-state index contributed by atoms with van der Waals surface area (Å²) in [5, 5.41) is 7.83. The van der Waals surface area contributed by atoms with E-state index in [1.54, 1.807) is 0 Å².